The van der Waals surface area contributed by atoms with E-state index in [0.29, 0.717) is 13.0 Å². The van der Waals surface area contributed by atoms with Gasteiger partial charge >= 0.3 is 5.69 Å². The Bertz CT molecular complexity index is 568. The molecule has 0 fully saturated rings. The number of aliphatic hydroxyl groups is 1. The number of nitrogens with one attached hydrogen (secondary N) is 2. The van der Waals surface area contributed by atoms with Gasteiger partial charge in [0.05, 0.1) is 0 Å². The van der Waals surface area contributed by atoms with Crippen LogP contribution in [0.3, 0.4) is 0 Å². The molecule has 1 aromatic rings. The normalized spacial score (nSPS) is 13.2. The van der Waals surface area contributed by atoms with Crippen LogP contribution in [0.1, 0.15) is 34.1 Å². The zero-order valence-corrected chi connectivity index (χ0v) is 12.5. The molecule has 1 atom stereocenters. The van der Waals surface area contributed by atoms with Crippen LogP contribution in [0.5, 0.6) is 0 Å². The Morgan fingerprint density at radius 1 is 1.40 bits per heavy atom. The third kappa shape index (κ3) is 3.41. The minimum absolute atomic E-state index is 0.000162. The smallest absolute Gasteiger partial charge is 0.330 e. The van der Waals surface area contributed by atoms with Crippen LogP contribution in [0.4, 0.5) is 11.5 Å². The third-order valence-corrected chi connectivity index (χ3v) is 3.34. The van der Waals surface area contributed by atoms with Crippen molar-refractivity contribution in [2.24, 2.45) is 5.41 Å². The number of hydrogen-bond donors (Lipinski definition) is 4. The highest BCUT2D eigenvalue weighted by Gasteiger charge is 2.26. The molecule has 1 rings (SSSR count). The highest BCUT2D eigenvalue weighted by atomic mass is 16.3. The molecule has 0 aromatic carbocycles. The SMILES string of the molecule is CCn1c(N)c(NC(CCO)C(C)(C)C)c(=O)[nH]c1=O. The predicted octanol–water partition coefficient (Wildman–Crippen LogP) is 0.348. The fourth-order valence-corrected chi connectivity index (χ4v) is 2.07. The maximum absolute atomic E-state index is 11.9. The molecule has 0 bridgehead atoms. The van der Waals surface area contributed by atoms with Gasteiger partial charge < -0.3 is 16.2 Å². The first-order chi connectivity index (χ1) is 9.22. The summed E-state index contributed by atoms with van der Waals surface area (Å²) < 4.78 is 1.29. The summed E-state index contributed by atoms with van der Waals surface area (Å²) in [5.41, 5.74) is 4.85. The number of hydrogen-bond acceptors (Lipinski definition) is 5. The van der Waals surface area contributed by atoms with Gasteiger partial charge in [-0.1, -0.05) is 20.8 Å². The largest absolute Gasteiger partial charge is 0.396 e. The molecular formula is C13H24N4O3. The van der Waals surface area contributed by atoms with Crippen LogP contribution in [0, 0.1) is 5.41 Å². The average molecular weight is 284 g/mol. The van der Waals surface area contributed by atoms with E-state index in [2.05, 4.69) is 10.3 Å². The average Bonchev–Trinajstić information content (AvgIpc) is 2.31. The molecule has 0 saturated carbocycles. The van der Waals surface area contributed by atoms with Crippen molar-refractivity contribution in [3.63, 3.8) is 0 Å². The number of anilines is 2. The van der Waals surface area contributed by atoms with Crippen LogP contribution >= 0.6 is 0 Å². The number of rotatable bonds is 5. The van der Waals surface area contributed by atoms with E-state index in [9.17, 15) is 9.59 Å². The molecule has 0 aliphatic rings. The van der Waals surface area contributed by atoms with E-state index in [1.165, 1.54) is 4.57 Å². The first-order valence-electron chi connectivity index (χ1n) is 6.72. The van der Waals surface area contributed by atoms with E-state index >= 15 is 0 Å². The van der Waals surface area contributed by atoms with Crippen molar-refractivity contribution in [2.45, 2.75) is 46.7 Å². The van der Waals surface area contributed by atoms with E-state index in [4.69, 9.17) is 10.8 Å². The number of nitrogens with zero attached hydrogens (tertiary/aromatic N) is 1. The summed E-state index contributed by atoms with van der Waals surface area (Å²) in [4.78, 5) is 25.8. The summed E-state index contributed by atoms with van der Waals surface area (Å²) in [5, 5.41) is 12.2. The molecule has 20 heavy (non-hydrogen) atoms. The molecule has 7 nitrogen and oxygen atoms in total. The van der Waals surface area contributed by atoms with Gasteiger partial charge in [-0.2, -0.15) is 0 Å². The van der Waals surface area contributed by atoms with Gasteiger partial charge in [0.25, 0.3) is 5.56 Å². The summed E-state index contributed by atoms with van der Waals surface area (Å²) in [6.07, 6.45) is 0.480. The minimum atomic E-state index is -0.538. The fourth-order valence-electron chi connectivity index (χ4n) is 2.07. The molecule has 0 radical (unpaired) electrons. The topological polar surface area (TPSA) is 113 Å². The molecule has 7 heteroatoms. The number of nitrogen functional groups attached to an aromatic ring is 1. The number of aromatic amines is 1. The quantitative estimate of drug-likeness (QED) is 0.623. The Balaban J connectivity index is 3.26. The molecule has 0 amide bonds. The van der Waals surface area contributed by atoms with Gasteiger partial charge in [0.15, 0.2) is 0 Å². The molecule has 1 aromatic heterocycles. The monoisotopic (exact) mass is 284 g/mol. The molecule has 114 valence electrons. The zero-order valence-electron chi connectivity index (χ0n) is 12.5. The maximum atomic E-state index is 11.9. The molecule has 5 N–H and O–H groups in total. The first-order valence-corrected chi connectivity index (χ1v) is 6.72. The molecule has 0 spiro atoms. The lowest BCUT2D eigenvalue weighted by atomic mass is 9.85. The Morgan fingerprint density at radius 2 is 2.00 bits per heavy atom. The second-order valence-corrected chi connectivity index (χ2v) is 5.84. The van der Waals surface area contributed by atoms with Crippen LogP contribution in [-0.4, -0.2) is 27.3 Å². The highest BCUT2D eigenvalue weighted by molar-refractivity contribution is 5.61. The van der Waals surface area contributed by atoms with E-state index < -0.39 is 11.2 Å². The minimum Gasteiger partial charge on any atom is -0.396 e. The second-order valence-electron chi connectivity index (χ2n) is 5.84. The summed E-state index contributed by atoms with van der Waals surface area (Å²) >= 11 is 0. The van der Waals surface area contributed by atoms with Crippen LogP contribution in [0.15, 0.2) is 9.59 Å². The molecule has 0 aliphatic carbocycles. The van der Waals surface area contributed by atoms with Crippen molar-refractivity contribution < 1.29 is 5.11 Å². The number of nitrogens with two attached hydrogens (primary N) is 1. The van der Waals surface area contributed by atoms with Gasteiger partial charge in [0, 0.05) is 19.2 Å². The zero-order chi connectivity index (χ0) is 15.5. The maximum Gasteiger partial charge on any atom is 0.330 e. The number of H-pyrrole nitrogens is 1. The van der Waals surface area contributed by atoms with Crippen LogP contribution in [0.2, 0.25) is 0 Å². The Labute approximate surface area is 117 Å². The van der Waals surface area contributed by atoms with E-state index in [-0.39, 0.29) is 29.6 Å². The molecule has 1 unspecified atom stereocenters. The third-order valence-electron chi connectivity index (χ3n) is 3.34. The van der Waals surface area contributed by atoms with Crippen molar-refractivity contribution >= 4 is 11.5 Å². The lowest BCUT2D eigenvalue weighted by Crippen LogP contribution is -2.40. The number of aromatic nitrogens is 2. The van der Waals surface area contributed by atoms with Crippen molar-refractivity contribution in [2.75, 3.05) is 17.7 Å². The number of aliphatic hydroxyl groups excluding tert-OH is 1. The predicted molar refractivity (Wildman–Crippen MR) is 80.0 cm³/mol. The van der Waals surface area contributed by atoms with Gasteiger partial charge in [-0.05, 0) is 18.8 Å². The summed E-state index contributed by atoms with van der Waals surface area (Å²) in [5.74, 6) is 0.119. The van der Waals surface area contributed by atoms with Crippen molar-refractivity contribution in [1.29, 1.82) is 0 Å². The van der Waals surface area contributed by atoms with Gasteiger partial charge in [-0.3, -0.25) is 14.3 Å². The van der Waals surface area contributed by atoms with E-state index in [0.717, 1.165) is 0 Å². The van der Waals surface area contributed by atoms with E-state index in [1.807, 2.05) is 20.8 Å². The standard InChI is InChI=1S/C13H24N4O3/c1-5-17-10(14)9(11(19)16-12(17)20)15-8(6-7-18)13(2,3)4/h8,15,18H,5-7,14H2,1-4H3,(H,16,19,20). The summed E-state index contributed by atoms with van der Waals surface area (Å²) in [7, 11) is 0. The summed E-state index contributed by atoms with van der Waals surface area (Å²) in [6.45, 7) is 8.15. The Kier molecular flexibility index (Phi) is 4.99. The molecule has 0 aliphatic heterocycles. The summed E-state index contributed by atoms with van der Waals surface area (Å²) in [6, 6.07) is -0.140. The van der Waals surface area contributed by atoms with Crippen molar-refractivity contribution in [3.8, 4) is 0 Å². The Morgan fingerprint density at radius 3 is 2.45 bits per heavy atom. The van der Waals surface area contributed by atoms with Crippen LogP contribution in [0.25, 0.3) is 0 Å². The highest BCUT2D eigenvalue weighted by Crippen LogP contribution is 2.25. The van der Waals surface area contributed by atoms with Crippen LogP contribution < -0.4 is 22.3 Å². The molecule has 0 saturated heterocycles. The second kappa shape index (κ2) is 6.13. The Hall–Kier alpha value is -1.76. The van der Waals surface area contributed by atoms with Gasteiger partial charge in [0.1, 0.15) is 11.5 Å². The lowest BCUT2D eigenvalue weighted by Gasteiger charge is -2.32. The van der Waals surface area contributed by atoms with Crippen molar-refractivity contribution in [3.05, 3.63) is 20.8 Å². The molecular weight excluding hydrogens is 260 g/mol. The van der Waals surface area contributed by atoms with E-state index in [1.54, 1.807) is 6.92 Å². The molecule has 1 heterocycles. The van der Waals surface area contributed by atoms with Gasteiger partial charge in [0.2, 0.25) is 0 Å². The van der Waals surface area contributed by atoms with Gasteiger partial charge in [-0.25, -0.2) is 4.79 Å². The van der Waals surface area contributed by atoms with Crippen molar-refractivity contribution in [1.82, 2.24) is 9.55 Å². The van der Waals surface area contributed by atoms with Crippen LogP contribution in [-0.2, 0) is 6.54 Å². The first kappa shape index (κ1) is 16.3. The van der Waals surface area contributed by atoms with Gasteiger partial charge in [-0.15, -0.1) is 0 Å². The fraction of sp³-hybridized carbons (Fsp3) is 0.692. The lowest BCUT2D eigenvalue weighted by molar-refractivity contribution is 0.235.